The Balaban J connectivity index is 2.80. The van der Waals surface area contributed by atoms with E-state index >= 15 is 0 Å². The summed E-state index contributed by atoms with van der Waals surface area (Å²) in [5.41, 5.74) is 3.51. The molecule has 0 spiro atoms. The van der Waals surface area contributed by atoms with Crippen molar-refractivity contribution in [2.45, 2.75) is 6.42 Å². The second-order valence-corrected chi connectivity index (χ2v) is 3.54. The Morgan fingerprint density at radius 1 is 1.59 bits per heavy atom. The third-order valence-electron chi connectivity index (χ3n) is 2.03. The molecule has 0 unspecified atom stereocenters. The maximum absolute atomic E-state index is 10.8. The molecule has 0 atom stereocenters. The summed E-state index contributed by atoms with van der Waals surface area (Å²) in [5, 5.41) is 13.5. The summed E-state index contributed by atoms with van der Waals surface area (Å²) in [4.78, 5) is 10.8. The van der Waals surface area contributed by atoms with Crippen molar-refractivity contribution in [2.75, 3.05) is 5.88 Å². The van der Waals surface area contributed by atoms with Crippen LogP contribution in [0.3, 0.4) is 0 Å². The summed E-state index contributed by atoms with van der Waals surface area (Å²) < 4.78 is 0. The molecule has 0 radical (unpaired) electrons. The number of hydrogen-bond donors (Lipinski definition) is 2. The lowest BCUT2D eigenvalue weighted by Gasteiger charge is -2.04. The molecule has 1 aromatic carbocycles. The van der Waals surface area contributed by atoms with Crippen LogP contribution in [0.2, 0.25) is 0 Å². The van der Waals surface area contributed by atoms with E-state index in [-0.39, 0.29) is 11.6 Å². The molecule has 1 rings (SSSR count). The Bertz CT molecular complexity index is 444. The predicted molar refractivity (Wildman–Crippen MR) is 68.5 cm³/mol. The molecule has 0 heterocycles. The normalized spacial score (nSPS) is 10.4. The van der Waals surface area contributed by atoms with Crippen LogP contribution < -0.4 is 5.43 Å². The standard InChI is InChI=1S/C12H13ClN2O2/c1-2-4-9-5-3-6-10(12(9)17)8-14-15-11(16)7-13/h2-3,5-6,8,17H,1,4,7H2,(H,15,16)/b14-8+. The molecule has 0 saturated heterocycles. The number of phenolic OH excluding ortho intramolecular Hbond substituents is 1. The highest BCUT2D eigenvalue weighted by Crippen LogP contribution is 2.21. The fraction of sp³-hybridized carbons (Fsp3) is 0.167. The van der Waals surface area contributed by atoms with E-state index < -0.39 is 5.91 Å². The van der Waals surface area contributed by atoms with Crippen molar-refractivity contribution < 1.29 is 9.90 Å². The molecule has 0 saturated carbocycles. The quantitative estimate of drug-likeness (QED) is 0.363. The van der Waals surface area contributed by atoms with Gasteiger partial charge in [-0.05, 0) is 18.1 Å². The lowest BCUT2D eigenvalue weighted by Crippen LogP contribution is -2.18. The Morgan fingerprint density at radius 2 is 2.35 bits per heavy atom. The predicted octanol–water partition coefficient (Wildman–Crippen LogP) is 1.81. The van der Waals surface area contributed by atoms with E-state index in [4.69, 9.17) is 11.6 Å². The van der Waals surface area contributed by atoms with Crippen molar-refractivity contribution in [1.29, 1.82) is 0 Å². The molecular formula is C12H13ClN2O2. The largest absolute Gasteiger partial charge is 0.507 e. The first-order valence-corrected chi connectivity index (χ1v) is 5.52. The topological polar surface area (TPSA) is 61.7 Å². The highest BCUT2D eigenvalue weighted by molar-refractivity contribution is 6.27. The summed E-state index contributed by atoms with van der Waals surface area (Å²) in [6.45, 7) is 3.61. The average Bonchev–Trinajstić information content (AvgIpc) is 2.33. The number of aromatic hydroxyl groups is 1. The zero-order valence-corrected chi connectivity index (χ0v) is 9.94. The zero-order chi connectivity index (χ0) is 12.7. The first-order valence-electron chi connectivity index (χ1n) is 4.98. The van der Waals surface area contributed by atoms with Crippen molar-refractivity contribution in [3.05, 3.63) is 42.0 Å². The summed E-state index contributed by atoms with van der Waals surface area (Å²) in [7, 11) is 0. The number of hydrazone groups is 1. The van der Waals surface area contributed by atoms with Crippen molar-refractivity contribution in [3.63, 3.8) is 0 Å². The number of nitrogens with one attached hydrogen (secondary N) is 1. The maximum atomic E-state index is 10.8. The van der Waals surface area contributed by atoms with Crippen LogP contribution in [0.4, 0.5) is 0 Å². The van der Waals surface area contributed by atoms with Crippen LogP contribution in [0, 0.1) is 0 Å². The number of benzene rings is 1. The van der Waals surface area contributed by atoms with Gasteiger partial charge in [0.25, 0.3) is 5.91 Å². The van der Waals surface area contributed by atoms with Crippen LogP contribution in [0.1, 0.15) is 11.1 Å². The van der Waals surface area contributed by atoms with E-state index in [0.717, 1.165) is 5.56 Å². The third kappa shape index (κ3) is 3.92. The Labute approximate surface area is 105 Å². The monoisotopic (exact) mass is 252 g/mol. The van der Waals surface area contributed by atoms with Crippen LogP contribution in [0.25, 0.3) is 0 Å². The van der Waals surface area contributed by atoms with E-state index in [2.05, 4.69) is 17.1 Å². The van der Waals surface area contributed by atoms with Gasteiger partial charge < -0.3 is 5.11 Å². The van der Waals surface area contributed by atoms with Crippen LogP contribution in [0.5, 0.6) is 5.75 Å². The number of carbonyl (C=O) groups is 1. The van der Waals surface area contributed by atoms with Gasteiger partial charge in [-0.3, -0.25) is 4.79 Å². The molecule has 4 nitrogen and oxygen atoms in total. The van der Waals surface area contributed by atoms with Gasteiger partial charge in [0.15, 0.2) is 0 Å². The number of hydrogen-bond acceptors (Lipinski definition) is 3. The molecular weight excluding hydrogens is 240 g/mol. The lowest BCUT2D eigenvalue weighted by molar-refractivity contribution is -0.118. The Kier molecular flexibility index (Phi) is 5.23. The average molecular weight is 253 g/mol. The van der Waals surface area contributed by atoms with Crippen molar-refractivity contribution in [3.8, 4) is 5.75 Å². The van der Waals surface area contributed by atoms with Gasteiger partial charge in [-0.25, -0.2) is 5.43 Å². The molecule has 0 aliphatic heterocycles. The molecule has 0 aliphatic rings. The first-order chi connectivity index (χ1) is 8.19. The van der Waals surface area contributed by atoms with Crippen molar-refractivity contribution in [2.24, 2.45) is 5.10 Å². The Hall–Kier alpha value is -1.81. The zero-order valence-electron chi connectivity index (χ0n) is 9.19. The van der Waals surface area contributed by atoms with Gasteiger partial charge in [0, 0.05) is 5.56 Å². The van der Waals surface area contributed by atoms with Gasteiger partial charge in [-0.2, -0.15) is 5.10 Å². The van der Waals surface area contributed by atoms with E-state index in [9.17, 15) is 9.90 Å². The number of allylic oxidation sites excluding steroid dienone is 1. The van der Waals surface area contributed by atoms with E-state index in [0.29, 0.717) is 12.0 Å². The maximum Gasteiger partial charge on any atom is 0.254 e. The van der Waals surface area contributed by atoms with Gasteiger partial charge in [-0.1, -0.05) is 18.2 Å². The molecule has 5 heteroatoms. The Morgan fingerprint density at radius 3 is 3.00 bits per heavy atom. The number of phenols is 1. The highest BCUT2D eigenvalue weighted by Gasteiger charge is 2.03. The third-order valence-corrected chi connectivity index (χ3v) is 2.27. The molecule has 2 N–H and O–H groups in total. The minimum absolute atomic E-state index is 0.135. The number of carbonyl (C=O) groups excluding carboxylic acids is 1. The lowest BCUT2D eigenvalue weighted by atomic mass is 10.1. The molecule has 1 amide bonds. The van der Waals surface area contributed by atoms with Gasteiger partial charge in [0.2, 0.25) is 0 Å². The van der Waals surface area contributed by atoms with E-state index in [1.54, 1.807) is 24.3 Å². The van der Waals surface area contributed by atoms with E-state index in [1.807, 2.05) is 0 Å². The second kappa shape index (κ2) is 6.70. The fourth-order valence-electron chi connectivity index (χ4n) is 1.24. The fourth-order valence-corrected chi connectivity index (χ4v) is 1.30. The minimum Gasteiger partial charge on any atom is -0.507 e. The number of nitrogens with zero attached hydrogens (tertiary/aromatic N) is 1. The molecule has 0 fully saturated rings. The summed E-state index contributed by atoms with van der Waals surface area (Å²) in [6, 6.07) is 5.28. The number of alkyl halides is 1. The highest BCUT2D eigenvalue weighted by atomic mass is 35.5. The van der Waals surface area contributed by atoms with Gasteiger partial charge in [0.05, 0.1) is 6.21 Å². The molecule has 17 heavy (non-hydrogen) atoms. The summed E-state index contributed by atoms with van der Waals surface area (Å²) in [6.07, 6.45) is 3.64. The molecule has 0 aliphatic carbocycles. The summed E-state index contributed by atoms with van der Waals surface area (Å²) in [5.74, 6) is -0.416. The van der Waals surface area contributed by atoms with Gasteiger partial charge >= 0.3 is 0 Å². The number of rotatable bonds is 5. The first kappa shape index (κ1) is 13.3. The van der Waals surface area contributed by atoms with Crippen LogP contribution in [-0.4, -0.2) is 23.1 Å². The van der Waals surface area contributed by atoms with Crippen LogP contribution >= 0.6 is 11.6 Å². The summed E-state index contributed by atoms with van der Waals surface area (Å²) >= 11 is 5.29. The molecule has 0 bridgehead atoms. The smallest absolute Gasteiger partial charge is 0.254 e. The molecule has 0 aromatic heterocycles. The number of para-hydroxylation sites is 1. The van der Waals surface area contributed by atoms with Crippen LogP contribution in [0.15, 0.2) is 36.0 Å². The molecule has 1 aromatic rings. The van der Waals surface area contributed by atoms with Gasteiger partial charge in [0.1, 0.15) is 11.6 Å². The van der Waals surface area contributed by atoms with Gasteiger partial charge in [-0.15, -0.1) is 18.2 Å². The number of amides is 1. The van der Waals surface area contributed by atoms with Crippen molar-refractivity contribution in [1.82, 2.24) is 5.43 Å². The minimum atomic E-state index is -0.398. The number of halogens is 1. The van der Waals surface area contributed by atoms with Crippen molar-refractivity contribution >= 4 is 23.7 Å². The van der Waals surface area contributed by atoms with E-state index in [1.165, 1.54) is 6.21 Å². The molecule has 90 valence electrons. The van der Waals surface area contributed by atoms with Crippen LogP contribution in [-0.2, 0) is 11.2 Å². The second-order valence-electron chi connectivity index (χ2n) is 3.27. The SMILES string of the molecule is C=CCc1cccc(/C=N/NC(=O)CCl)c1O.